The molecule has 1 aliphatic heterocycles. The molecule has 1 nitrogen and oxygen atoms in total. The lowest BCUT2D eigenvalue weighted by Crippen LogP contribution is -2.62. The van der Waals surface area contributed by atoms with Crippen LogP contribution in [0.4, 0.5) is 13.2 Å². The van der Waals surface area contributed by atoms with Crippen LogP contribution in [-0.2, 0) is 0 Å². The Kier molecular flexibility index (Phi) is 2.34. The number of rotatable bonds is 0. The summed E-state index contributed by atoms with van der Waals surface area (Å²) in [7, 11) is 0. The first-order chi connectivity index (χ1) is 5.02. The Bertz CT molecular complexity index is 168. The molecule has 1 aliphatic carbocycles. The van der Waals surface area contributed by atoms with Gasteiger partial charge in [-0.3, -0.25) is 0 Å². The van der Waals surface area contributed by atoms with Crippen LogP contribution in [0.5, 0.6) is 0 Å². The average Bonchev–Trinajstić information content (AvgIpc) is 1.49. The zero-order valence-corrected chi connectivity index (χ0v) is 7.26. The van der Waals surface area contributed by atoms with E-state index in [1.165, 1.54) is 0 Å². The Morgan fingerprint density at radius 3 is 1.92 bits per heavy atom. The van der Waals surface area contributed by atoms with Crippen molar-refractivity contribution in [3.63, 3.8) is 0 Å². The lowest BCUT2D eigenvalue weighted by atomic mass is 9.58. The largest absolute Gasteiger partial charge is 0.391 e. The lowest BCUT2D eigenvalue weighted by Gasteiger charge is -2.54. The Morgan fingerprint density at radius 2 is 1.67 bits per heavy atom. The third-order valence-corrected chi connectivity index (χ3v) is 2.82. The second-order valence-corrected chi connectivity index (χ2v) is 3.75. The molecule has 12 heavy (non-hydrogen) atoms. The van der Waals surface area contributed by atoms with Gasteiger partial charge in [-0.25, -0.2) is 0 Å². The minimum absolute atomic E-state index is 0. The van der Waals surface area contributed by atoms with Crippen molar-refractivity contribution < 1.29 is 13.2 Å². The van der Waals surface area contributed by atoms with Gasteiger partial charge < -0.3 is 5.32 Å². The highest BCUT2D eigenvalue weighted by Gasteiger charge is 2.57. The maximum atomic E-state index is 12.0. The van der Waals surface area contributed by atoms with Gasteiger partial charge in [0.2, 0.25) is 0 Å². The minimum atomic E-state index is -3.94. The summed E-state index contributed by atoms with van der Waals surface area (Å²) in [6.45, 7) is 1.58. The standard InChI is InChI=1S/C7H10F3N.ClH/c8-7(9,10)5-1-6(2-5)3-11-4-6;/h5,11H,1-4H2;1H. The second kappa shape index (κ2) is 2.77. The van der Waals surface area contributed by atoms with E-state index < -0.39 is 12.1 Å². The molecule has 0 aromatic heterocycles. The summed E-state index contributed by atoms with van der Waals surface area (Å²) < 4.78 is 36.0. The molecule has 2 aliphatic rings. The number of alkyl halides is 3. The van der Waals surface area contributed by atoms with Crippen LogP contribution in [0.25, 0.3) is 0 Å². The van der Waals surface area contributed by atoms with Crippen molar-refractivity contribution in [3.05, 3.63) is 0 Å². The number of halogens is 4. The average molecular weight is 202 g/mol. The van der Waals surface area contributed by atoms with Gasteiger partial charge in [-0.05, 0) is 18.3 Å². The molecule has 1 N–H and O–H groups in total. The molecular weight excluding hydrogens is 191 g/mol. The quantitative estimate of drug-likeness (QED) is 0.632. The van der Waals surface area contributed by atoms with E-state index in [1.807, 2.05) is 0 Å². The Labute approximate surface area is 75.1 Å². The number of nitrogens with one attached hydrogen (secondary N) is 1. The predicted molar refractivity (Wildman–Crippen MR) is 41.3 cm³/mol. The Balaban J connectivity index is 0.000000720. The van der Waals surface area contributed by atoms with E-state index in [9.17, 15) is 13.2 Å². The van der Waals surface area contributed by atoms with E-state index in [4.69, 9.17) is 0 Å². The fraction of sp³-hybridized carbons (Fsp3) is 1.00. The van der Waals surface area contributed by atoms with Crippen LogP contribution in [0.1, 0.15) is 12.8 Å². The van der Waals surface area contributed by atoms with Crippen molar-refractivity contribution in [2.24, 2.45) is 11.3 Å². The highest BCUT2D eigenvalue weighted by molar-refractivity contribution is 5.85. The normalized spacial score (nSPS) is 27.2. The van der Waals surface area contributed by atoms with Gasteiger partial charge in [-0.2, -0.15) is 13.2 Å². The summed E-state index contributed by atoms with van der Waals surface area (Å²) in [4.78, 5) is 0. The van der Waals surface area contributed by atoms with Crippen LogP contribution in [-0.4, -0.2) is 19.3 Å². The van der Waals surface area contributed by atoms with E-state index in [1.54, 1.807) is 0 Å². The first-order valence-corrected chi connectivity index (χ1v) is 3.79. The van der Waals surface area contributed by atoms with Gasteiger partial charge in [0.25, 0.3) is 0 Å². The van der Waals surface area contributed by atoms with Gasteiger partial charge >= 0.3 is 6.18 Å². The number of hydrogen-bond acceptors (Lipinski definition) is 1. The van der Waals surface area contributed by atoms with Crippen LogP contribution in [0.15, 0.2) is 0 Å². The highest BCUT2D eigenvalue weighted by atomic mass is 35.5. The molecule has 1 saturated carbocycles. The van der Waals surface area contributed by atoms with Gasteiger partial charge in [-0.15, -0.1) is 12.4 Å². The summed E-state index contributed by atoms with van der Waals surface area (Å²) in [6, 6.07) is 0. The molecule has 5 heteroatoms. The Morgan fingerprint density at radius 1 is 1.17 bits per heavy atom. The predicted octanol–water partition coefficient (Wildman–Crippen LogP) is 1.97. The van der Waals surface area contributed by atoms with E-state index in [0.717, 1.165) is 13.1 Å². The van der Waals surface area contributed by atoms with Crippen molar-refractivity contribution >= 4 is 12.4 Å². The molecule has 2 rings (SSSR count). The summed E-state index contributed by atoms with van der Waals surface area (Å²) in [6.07, 6.45) is -3.24. The van der Waals surface area contributed by atoms with Gasteiger partial charge in [0.15, 0.2) is 0 Å². The minimum Gasteiger partial charge on any atom is -0.316 e. The molecule has 1 spiro atoms. The zero-order chi connectivity index (χ0) is 8.11. The van der Waals surface area contributed by atoms with Gasteiger partial charge in [-0.1, -0.05) is 0 Å². The van der Waals surface area contributed by atoms with E-state index in [-0.39, 0.29) is 17.8 Å². The SMILES string of the molecule is Cl.FC(F)(F)C1CC2(CNC2)C1. The molecule has 1 heterocycles. The molecule has 1 saturated heterocycles. The van der Waals surface area contributed by atoms with Crippen molar-refractivity contribution in [2.45, 2.75) is 19.0 Å². The maximum absolute atomic E-state index is 12.0. The summed E-state index contributed by atoms with van der Waals surface area (Å²) in [5, 5.41) is 3.01. The first kappa shape index (κ1) is 10.1. The summed E-state index contributed by atoms with van der Waals surface area (Å²) >= 11 is 0. The van der Waals surface area contributed by atoms with Crippen molar-refractivity contribution in [2.75, 3.05) is 13.1 Å². The molecule has 0 amide bonds. The lowest BCUT2D eigenvalue weighted by molar-refractivity contribution is -0.228. The monoisotopic (exact) mass is 201 g/mol. The zero-order valence-electron chi connectivity index (χ0n) is 6.45. The smallest absolute Gasteiger partial charge is 0.316 e. The fourth-order valence-electron chi connectivity index (χ4n) is 1.98. The molecule has 0 aromatic carbocycles. The van der Waals surface area contributed by atoms with Crippen LogP contribution < -0.4 is 5.32 Å². The molecule has 72 valence electrons. The van der Waals surface area contributed by atoms with Crippen LogP contribution in [0.2, 0.25) is 0 Å². The van der Waals surface area contributed by atoms with Crippen molar-refractivity contribution in [3.8, 4) is 0 Å². The third-order valence-electron chi connectivity index (χ3n) is 2.82. The van der Waals surface area contributed by atoms with E-state index in [2.05, 4.69) is 5.32 Å². The van der Waals surface area contributed by atoms with Crippen LogP contribution in [0.3, 0.4) is 0 Å². The van der Waals surface area contributed by atoms with Crippen molar-refractivity contribution in [1.29, 1.82) is 0 Å². The van der Waals surface area contributed by atoms with Gasteiger partial charge in [0.1, 0.15) is 0 Å². The molecule has 0 radical (unpaired) electrons. The third kappa shape index (κ3) is 1.42. The Hall–Kier alpha value is 0.0400. The molecule has 0 bridgehead atoms. The second-order valence-electron chi connectivity index (χ2n) is 3.75. The van der Waals surface area contributed by atoms with Crippen LogP contribution in [0, 0.1) is 11.3 Å². The first-order valence-electron chi connectivity index (χ1n) is 3.79. The van der Waals surface area contributed by atoms with Crippen molar-refractivity contribution in [1.82, 2.24) is 5.32 Å². The van der Waals surface area contributed by atoms with Gasteiger partial charge in [0, 0.05) is 13.1 Å². The molecule has 2 fully saturated rings. The molecule has 0 aromatic rings. The number of hydrogen-bond donors (Lipinski definition) is 1. The molecule has 0 atom stereocenters. The molecule has 0 unspecified atom stereocenters. The topological polar surface area (TPSA) is 12.0 Å². The van der Waals surface area contributed by atoms with Crippen LogP contribution >= 0.6 is 12.4 Å². The summed E-state index contributed by atoms with van der Waals surface area (Å²) in [5.41, 5.74) is 0.0419. The summed E-state index contributed by atoms with van der Waals surface area (Å²) in [5.74, 6) is -1.01. The maximum Gasteiger partial charge on any atom is 0.391 e. The van der Waals surface area contributed by atoms with Gasteiger partial charge in [0.05, 0.1) is 5.92 Å². The van der Waals surface area contributed by atoms with E-state index >= 15 is 0 Å². The van der Waals surface area contributed by atoms with E-state index in [0.29, 0.717) is 12.8 Å². The molecular formula is C7H11ClF3N. The fourth-order valence-corrected chi connectivity index (χ4v) is 1.98. The highest BCUT2D eigenvalue weighted by Crippen LogP contribution is 2.54.